The van der Waals surface area contributed by atoms with Gasteiger partial charge in [-0.25, -0.2) is 9.07 Å². The average Bonchev–Trinajstić information content (AvgIpc) is 3.39. The number of hydrogen-bond acceptors (Lipinski definition) is 3. The molecule has 0 radical (unpaired) electrons. The van der Waals surface area contributed by atoms with Crippen LogP contribution in [0.3, 0.4) is 0 Å². The molecule has 0 spiro atoms. The van der Waals surface area contributed by atoms with E-state index >= 15 is 0 Å². The molecule has 0 saturated heterocycles. The summed E-state index contributed by atoms with van der Waals surface area (Å²) in [6, 6.07) is 16.8. The molecule has 1 aromatic heterocycles. The quantitative estimate of drug-likeness (QED) is 0.352. The Bertz CT molecular complexity index is 1430. The molecule has 1 N–H and O–H groups in total. The minimum atomic E-state index is -5.05. The second-order valence-corrected chi connectivity index (χ2v) is 7.95. The van der Waals surface area contributed by atoms with Crippen LogP contribution in [-0.4, -0.2) is 22.1 Å². The van der Waals surface area contributed by atoms with Gasteiger partial charge in [0.2, 0.25) is 0 Å². The zero-order valence-electron chi connectivity index (χ0n) is 17.2. The fourth-order valence-corrected chi connectivity index (χ4v) is 4.07. The molecule has 34 heavy (non-hydrogen) atoms. The zero-order chi connectivity index (χ0) is 24.0. The van der Waals surface area contributed by atoms with E-state index in [2.05, 4.69) is 15.2 Å². The van der Waals surface area contributed by atoms with Crippen molar-refractivity contribution in [3.8, 4) is 34.0 Å². The number of rotatable bonds is 4. The minimum Gasteiger partial charge on any atom is -0.403 e. The molecule has 10 heteroatoms. The molecule has 0 atom stereocenters. The number of alkyl halides is 3. The first-order valence-electron chi connectivity index (χ1n) is 10.0. The lowest BCUT2D eigenvalue weighted by molar-refractivity contribution is -0.275. The SMILES string of the molecule is O=C1NCc2c1cccc2-c1cc(-c2ccc(F)c(OC(F)(F)F)c2)n(-c2cccc(Cl)c2)n1. The molecule has 5 rings (SSSR count). The summed E-state index contributed by atoms with van der Waals surface area (Å²) in [5.74, 6) is -2.31. The van der Waals surface area contributed by atoms with E-state index in [0.717, 1.165) is 17.7 Å². The predicted molar refractivity (Wildman–Crippen MR) is 117 cm³/mol. The standard InChI is InChI=1S/C24H14ClF4N3O2/c25-14-3-1-4-15(10-14)32-21(13-7-8-19(26)22(9-13)34-24(27,28)29)11-20(31-32)16-5-2-6-17-18(16)12-30-23(17)33/h1-11H,12H2,(H,30,33). The van der Waals surface area contributed by atoms with Crippen LogP contribution >= 0.6 is 11.6 Å². The van der Waals surface area contributed by atoms with Crippen LogP contribution in [0.15, 0.2) is 66.7 Å². The molecule has 1 aliphatic rings. The van der Waals surface area contributed by atoms with Crippen LogP contribution < -0.4 is 10.1 Å². The summed E-state index contributed by atoms with van der Waals surface area (Å²) >= 11 is 6.15. The fraction of sp³-hybridized carbons (Fsp3) is 0.0833. The lowest BCUT2D eigenvalue weighted by Gasteiger charge is -2.12. The molecule has 2 heterocycles. The summed E-state index contributed by atoms with van der Waals surface area (Å²) in [6.07, 6.45) is -5.05. The van der Waals surface area contributed by atoms with Crippen molar-refractivity contribution in [2.24, 2.45) is 0 Å². The second kappa shape index (κ2) is 8.18. The number of hydrogen-bond donors (Lipinski definition) is 1. The highest BCUT2D eigenvalue weighted by molar-refractivity contribution is 6.30. The summed E-state index contributed by atoms with van der Waals surface area (Å²) in [4.78, 5) is 12.1. The minimum absolute atomic E-state index is 0.196. The molecule has 0 unspecified atom stereocenters. The van der Waals surface area contributed by atoms with Crippen molar-refractivity contribution in [3.05, 3.63) is 88.7 Å². The summed E-state index contributed by atoms with van der Waals surface area (Å²) in [6.45, 7) is 0.323. The monoisotopic (exact) mass is 487 g/mol. The van der Waals surface area contributed by atoms with Gasteiger partial charge in [0.05, 0.1) is 17.1 Å². The molecule has 172 valence electrons. The Hall–Kier alpha value is -3.85. The fourth-order valence-electron chi connectivity index (χ4n) is 3.88. The van der Waals surface area contributed by atoms with Crippen LogP contribution in [0, 0.1) is 5.82 Å². The molecule has 0 fully saturated rings. The maximum absolute atomic E-state index is 14.0. The van der Waals surface area contributed by atoms with Crippen LogP contribution in [0.4, 0.5) is 17.6 Å². The first-order valence-corrected chi connectivity index (χ1v) is 10.4. The molecule has 0 bridgehead atoms. The Morgan fingerprint density at radius 2 is 1.76 bits per heavy atom. The number of carbonyl (C=O) groups excluding carboxylic acids is 1. The number of nitrogens with zero attached hydrogens (tertiary/aromatic N) is 2. The summed E-state index contributed by atoms with van der Waals surface area (Å²) in [7, 11) is 0. The van der Waals surface area contributed by atoms with Gasteiger partial charge in [0.15, 0.2) is 11.6 Å². The van der Waals surface area contributed by atoms with E-state index in [0.29, 0.717) is 39.8 Å². The highest BCUT2D eigenvalue weighted by atomic mass is 35.5. The number of benzene rings is 3. The van der Waals surface area contributed by atoms with E-state index in [1.807, 2.05) is 0 Å². The van der Waals surface area contributed by atoms with Gasteiger partial charge in [-0.05, 0) is 54.1 Å². The Morgan fingerprint density at radius 1 is 1.00 bits per heavy atom. The van der Waals surface area contributed by atoms with Crippen LogP contribution in [0.1, 0.15) is 15.9 Å². The molecule has 5 nitrogen and oxygen atoms in total. The number of amides is 1. The van der Waals surface area contributed by atoms with Crippen LogP contribution in [0.25, 0.3) is 28.2 Å². The van der Waals surface area contributed by atoms with E-state index in [1.54, 1.807) is 48.5 Å². The molecule has 0 saturated carbocycles. The summed E-state index contributed by atoms with van der Waals surface area (Å²) in [5, 5.41) is 7.85. The topological polar surface area (TPSA) is 56.1 Å². The van der Waals surface area contributed by atoms with Crippen molar-refractivity contribution in [2.75, 3.05) is 0 Å². The number of ether oxygens (including phenoxy) is 1. The molecule has 1 aliphatic heterocycles. The van der Waals surface area contributed by atoms with Gasteiger partial charge in [-0.15, -0.1) is 13.2 Å². The lowest BCUT2D eigenvalue weighted by atomic mass is 10.00. The Kier molecular flexibility index (Phi) is 5.28. The summed E-state index contributed by atoms with van der Waals surface area (Å²) in [5.41, 5.74) is 3.60. The van der Waals surface area contributed by atoms with Crippen molar-refractivity contribution in [2.45, 2.75) is 12.9 Å². The maximum Gasteiger partial charge on any atom is 0.573 e. The number of nitrogens with one attached hydrogen (secondary N) is 1. The lowest BCUT2D eigenvalue weighted by Crippen LogP contribution is -2.18. The number of halogens is 5. The Balaban J connectivity index is 1.70. The van der Waals surface area contributed by atoms with Gasteiger partial charge in [-0.2, -0.15) is 5.10 Å². The van der Waals surface area contributed by atoms with Crippen LogP contribution in [-0.2, 0) is 6.54 Å². The van der Waals surface area contributed by atoms with Gasteiger partial charge in [-0.1, -0.05) is 29.8 Å². The van der Waals surface area contributed by atoms with Gasteiger partial charge in [0, 0.05) is 28.3 Å². The van der Waals surface area contributed by atoms with Gasteiger partial charge in [0.1, 0.15) is 0 Å². The highest BCUT2D eigenvalue weighted by Crippen LogP contribution is 2.36. The highest BCUT2D eigenvalue weighted by Gasteiger charge is 2.33. The van der Waals surface area contributed by atoms with Gasteiger partial charge in [-0.3, -0.25) is 4.79 Å². The van der Waals surface area contributed by atoms with E-state index in [4.69, 9.17) is 11.6 Å². The van der Waals surface area contributed by atoms with E-state index in [1.165, 1.54) is 10.7 Å². The van der Waals surface area contributed by atoms with Crippen molar-refractivity contribution >= 4 is 17.5 Å². The maximum atomic E-state index is 14.0. The number of carbonyl (C=O) groups is 1. The molecule has 1 amide bonds. The van der Waals surface area contributed by atoms with Crippen molar-refractivity contribution in [1.29, 1.82) is 0 Å². The average molecular weight is 488 g/mol. The molecule has 3 aromatic carbocycles. The van der Waals surface area contributed by atoms with Crippen molar-refractivity contribution < 1.29 is 27.1 Å². The van der Waals surface area contributed by atoms with Crippen molar-refractivity contribution in [1.82, 2.24) is 15.1 Å². The van der Waals surface area contributed by atoms with Crippen LogP contribution in [0.5, 0.6) is 5.75 Å². The van der Waals surface area contributed by atoms with E-state index in [9.17, 15) is 22.4 Å². The molecule has 4 aromatic rings. The molecular formula is C24H14ClF4N3O2. The van der Waals surface area contributed by atoms with E-state index < -0.39 is 17.9 Å². The largest absolute Gasteiger partial charge is 0.573 e. The van der Waals surface area contributed by atoms with Gasteiger partial charge < -0.3 is 10.1 Å². The Morgan fingerprint density at radius 3 is 2.53 bits per heavy atom. The molecule has 0 aliphatic carbocycles. The third-order valence-corrected chi connectivity index (χ3v) is 5.57. The predicted octanol–water partition coefficient (Wildman–Crippen LogP) is 6.14. The van der Waals surface area contributed by atoms with Crippen molar-refractivity contribution in [3.63, 3.8) is 0 Å². The number of aromatic nitrogens is 2. The number of fused-ring (bicyclic) bond motifs is 1. The third-order valence-electron chi connectivity index (χ3n) is 5.34. The smallest absolute Gasteiger partial charge is 0.403 e. The summed E-state index contributed by atoms with van der Waals surface area (Å²) < 4.78 is 57.7. The first-order chi connectivity index (χ1) is 16.2. The van der Waals surface area contributed by atoms with Gasteiger partial charge >= 0.3 is 6.36 Å². The normalized spacial score (nSPS) is 13.0. The Labute approximate surface area is 195 Å². The van der Waals surface area contributed by atoms with Crippen LogP contribution in [0.2, 0.25) is 5.02 Å². The zero-order valence-corrected chi connectivity index (χ0v) is 17.9. The third kappa shape index (κ3) is 4.10. The molecular weight excluding hydrogens is 474 g/mol. The van der Waals surface area contributed by atoms with Gasteiger partial charge in [0.25, 0.3) is 5.91 Å². The first kappa shape index (κ1) is 22.0. The second-order valence-electron chi connectivity index (χ2n) is 7.51. The van der Waals surface area contributed by atoms with E-state index in [-0.39, 0.29) is 11.5 Å².